The van der Waals surface area contributed by atoms with Gasteiger partial charge in [0.1, 0.15) is 0 Å². The molecule has 0 amide bonds. The first kappa shape index (κ1) is 13.7. The minimum atomic E-state index is 0.140. The number of hydrogen-bond acceptors (Lipinski definition) is 3. The Morgan fingerprint density at radius 2 is 2.05 bits per heavy atom. The highest BCUT2D eigenvalue weighted by atomic mass is 15.4. The molecule has 0 aliphatic heterocycles. The molecule has 1 aromatic heterocycles. The van der Waals surface area contributed by atoms with Crippen LogP contribution in [0.25, 0.3) is 0 Å². The second-order valence-corrected chi connectivity index (χ2v) is 4.95. The smallest absolute Gasteiger partial charge is 0.0801 e. The first-order valence-corrected chi connectivity index (χ1v) is 6.80. The summed E-state index contributed by atoms with van der Waals surface area (Å²) in [6.45, 7) is 7.33. The molecule has 1 atom stereocenters. The standard InChI is InChI=1S/C15H22N4/c1-5-8-19-14(10-17-18-19)15(16-4)13-7-6-11(2)12(3)9-13/h6-7,9-10,15-16H,5,8H2,1-4H3. The molecular formula is C15H22N4. The largest absolute Gasteiger partial charge is 0.308 e. The van der Waals surface area contributed by atoms with Gasteiger partial charge in [0, 0.05) is 6.54 Å². The third-order valence-electron chi connectivity index (χ3n) is 3.53. The maximum absolute atomic E-state index is 4.17. The van der Waals surface area contributed by atoms with Crippen LogP contribution in [0.15, 0.2) is 24.4 Å². The fourth-order valence-corrected chi connectivity index (χ4v) is 2.30. The molecule has 0 bridgehead atoms. The average molecular weight is 258 g/mol. The van der Waals surface area contributed by atoms with Crippen molar-refractivity contribution in [3.8, 4) is 0 Å². The Bertz CT molecular complexity index is 545. The maximum Gasteiger partial charge on any atom is 0.0801 e. The molecule has 102 valence electrons. The summed E-state index contributed by atoms with van der Waals surface area (Å²) in [6.07, 6.45) is 2.91. The molecule has 0 fully saturated rings. The van der Waals surface area contributed by atoms with Crippen molar-refractivity contribution in [3.05, 3.63) is 46.8 Å². The van der Waals surface area contributed by atoms with Crippen molar-refractivity contribution in [3.63, 3.8) is 0 Å². The maximum atomic E-state index is 4.17. The van der Waals surface area contributed by atoms with Crippen LogP contribution in [-0.4, -0.2) is 22.0 Å². The summed E-state index contributed by atoms with van der Waals surface area (Å²) in [4.78, 5) is 0. The van der Waals surface area contributed by atoms with E-state index in [4.69, 9.17) is 0 Å². The summed E-state index contributed by atoms with van der Waals surface area (Å²) in [5, 5.41) is 11.6. The van der Waals surface area contributed by atoms with Crippen molar-refractivity contribution in [2.24, 2.45) is 0 Å². The van der Waals surface area contributed by atoms with Gasteiger partial charge in [-0.05, 0) is 44.0 Å². The van der Waals surface area contributed by atoms with Crippen molar-refractivity contribution < 1.29 is 0 Å². The van der Waals surface area contributed by atoms with E-state index in [-0.39, 0.29) is 6.04 Å². The molecule has 2 aromatic rings. The predicted octanol–water partition coefficient (Wildman–Crippen LogP) is 2.61. The third-order valence-corrected chi connectivity index (χ3v) is 3.53. The second kappa shape index (κ2) is 5.97. The zero-order valence-corrected chi connectivity index (χ0v) is 12.1. The minimum Gasteiger partial charge on any atom is -0.308 e. The fraction of sp³-hybridized carbons (Fsp3) is 0.467. The lowest BCUT2D eigenvalue weighted by Crippen LogP contribution is -2.21. The molecule has 4 nitrogen and oxygen atoms in total. The lowest BCUT2D eigenvalue weighted by Gasteiger charge is -2.18. The van der Waals surface area contributed by atoms with E-state index in [1.54, 1.807) is 0 Å². The Morgan fingerprint density at radius 1 is 1.26 bits per heavy atom. The summed E-state index contributed by atoms with van der Waals surface area (Å²) in [6, 6.07) is 6.72. The minimum absolute atomic E-state index is 0.140. The lowest BCUT2D eigenvalue weighted by molar-refractivity contribution is 0.523. The zero-order valence-electron chi connectivity index (χ0n) is 12.1. The van der Waals surface area contributed by atoms with Gasteiger partial charge in [-0.2, -0.15) is 0 Å². The molecule has 0 aliphatic rings. The van der Waals surface area contributed by atoms with Crippen molar-refractivity contribution in [1.82, 2.24) is 20.3 Å². The van der Waals surface area contributed by atoms with Crippen LogP contribution in [0.3, 0.4) is 0 Å². The summed E-state index contributed by atoms with van der Waals surface area (Å²) in [5.41, 5.74) is 5.00. The number of rotatable bonds is 5. The number of aromatic nitrogens is 3. The summed E-state index contributed by atoms with van der Waals surface area (Å²) in [5.74, 6) is 0. The van der Waals surface area contributed by atoms with E-state index in [9.17, 15) is 0 Å². The van der Waals surface area contributed by atoms with Gasteiger partial charge in [-0.3, -0.25) is 0 Å². The summed E-state index contributed by atoms with van der Waals surface area (Å²) in [7, 11) is 1.98. The number of hydrogen-bond donors (Lipinski definition) is 1. The van der Waals surface area contributed by atoms with Gasteiger partial charge >= 0.3 is 0 Å². The van der Waals surface area contributed by atoms with Gasteiger partial charge in [-0.25, -0.2) is 4.68 Å². The van der Waals surface area contributed by atoms with E-state index in [2.05, 4.69) is 54.6 Å². The highest BCUT2D eigenvalue weighted by molar-refractivity contribution is 5.34. The molecule has 0 spiro atoms. The Labute approximate surface area is 114 Å². The Balaban J connectivity index is 2.38. The van der Waals surface area contributed by atoms with Crippen molar-refractivity contribution >= 4 is 0 Å². The van der Waals surface area contributed by atoms with Crippen molar-refractivity contribution in [2.75, 3.05) is 7.05 Å². The highest BCUT2D eigenvalue weighted by Gasteiger charge is 2.17. The predicted molar refractivity (Wildman–Crippen MR) is 77.1 cm³/mol. The van der Waals surface area contributed by atoms with E-state index < -0.39 is 0 Å². The monoisotopic (exact) mass is 258 g/mol. The van der Waals surface area contributed by atoms with E-state index in [1.165, 1.54) is 16.7 Å². The van der Waals surface area contributed by atoms with Crippen LogP contribution < -0.4 is 5.32 Å². The molecule has 1 N–H and O–H groups in total. The zero-order chi connectivity index (χ0) is 13.8. The van der Waals surface area contributed by atoms with Crippen LogP contribution in [0, 0.1) is 13.8 Å². The lowest BCUT2D eigenvalue weighted by atomic mass is 9.99. The van der Waals surface area contributed by atoms with Crippen molar-refractivity contribution in [2.45, 2.75) is 39.8 Å². The molecule has 0 saturated carbocycles. The van der Waals surface area contributed by atoms with E-state index >= 15 is 0 Å². The molecule has 0 aliphatic carbocycles. The molecule has 1 heterocycles. The van der Waals surface area contributed by atoms with Crippen LogP contribution in [-0.2, 0) is 6.54 Å². The molecule has 0 saturated heterocycles. The SMILES string of the molecule is CCCn1nncc1C(NC)c1ccc(C)c(C)c1. The van der Waals surface area contributed by atoms with Crippen LogP contribution in [0.1, 0.15) is 41.8 Å². The number of nitrogens with zero attached hydrogens (tertiary/aromatic N) is 3. The van der Waals surface area contributed by atoms with Gasteiger partial charge in [0.15, 0.2) is 0 Å². The molecule has 19 heavy (non-hydrogen) atoms. The Morgan fingerprint density at radius 3 is 2.68 bits per heavy atom. The Kier molecular flexibility index (Phi) is 4.32. The van der Waals surface area contributed by atoms with Crippen LogP contribution in [0.5, 0.6) is 0 Å². The van der Waals surface area contributed by atoms with E-state index in [1.807, 2.05) is 17.9 Å². The molecule has 2 rings (SSSR count). The molecule has 0 radical (unpaired) electrons. The topological polar surface area (TPSA) is 42.7 Å². The average Bonchev–Trinajstić information content (AvgIpc) is 2.83. The summed E-state index contributed by atoms with van der Waals surface area (Å²) < 4.78 is 1.98. The third kappa shape index (κ3) is 2.84. The molecular weight excluding hydrogens is 236 g/mol. The van der Waals surface area contributed by atoms with Gasteiger partial charge in [-0.15, -0.1) is 5.10 Å². The molecule has 4 heteroatoms. The second-order valence-electron chi connectivity index (χ2n) is 4.95. The normalized spacial score (nSPS) is 12.6. The Hall–Kier alpha value is -1.68. The van der Waals surface area contributed by atoms with E-state index in [0.29, 0.717) is 0 Å². The van der Waals surface area contributed by atoms with Crippen LogP contribution in [0.2, 0.25) is 0 Å². The molecule has 1 aromatic carbocycles. The van der Waals surface area contributed by atoms with Gasteiger partial charge < -0.3 is 5.32 Å². The number of benzene rings is 1. The molecule has 1 unspecified atom stereocenters. The fourth-order valence-electron chi connectivity index (χ4n) is 2.30. The first-order chi connectivity index (χ1) is 9.17. The number of nitrogens with one attached hydrogen (secondary N) is 1. The van der Waals surface area contributed by atoms with Gasteiger partial charge in [0.25, 0.3) is 0 Å². The van der Waals surface area contributed by atoms with Crippen LogP contribution in [0.4, 0.5) is 0 Å². The highest BCUT2D eigenvalue weighted by Crippen LogP contribution is 2.23. The van der Waals surface area contributed by atoms with Crippen molar-refractivity contribution in [1.29, 1.82) is 0 Å². The first-order valence-electron chi connectivity index (χ1n) is 6.80. The van der Waals surface area contributed by atoms with Gasteiger partial charge in [0.05, 0.1) is 17.9 Å². The number of aryl methyl sites for hydroxylation is 3. The van der Waals surface area contributed by atoms with Crippen LogP contribution >= 0.6 is 0 Å². The summed E-state index contributed by atoms with van der Waals surface area (Å²) >= 11 is 0. The quantitative estimate of drug-likeness (QED) is 0.896. The van der Waals surface area contributed by atoms with Gasteiger partial charge in [0.2, 0.25) is 0 Å². The van der Waals surface area contributed by atoms with Gasteiger partial charge in [-0.1, -0.05) is 30.3 Å². The van der Waals surface area contributed by atoms with E-state index in [0.717, 1.165) is 18.7 Å².